The van der Waals surface area contributed by atoms with Crippen molar-refractivity contribution in [2.45, 2.75) is 71.9 Å². The number of nitrogens with zero attached hydrogens (tertiary/aromatic N) is 2. The van der Waals surface area contributed by atoms with Crippen LogP contribution in [0.2, 0.25) is 0 Å². The van der Waals surface area contributed by atoms with Crippen LogP contribution in [0.4, 0.5) is 5.69 Å². The van der Waals surface area contributed by atoms with Gasteiger partial charge in [-0.15, -0.1) is 0 Å². The van der Waals surface area contributed by atoms with Gasteiger partial charge in [-0.1, -0.05) is 31.5 Å². The standard InChI is InChI=1S/C33H43N5O7/c1-8-18(2)30(33(41)34-15-9-10-28-35-19(3)38-45-28)37-25-14-12-22-23(17-26(25)40)24(36-20(4)39)13-11-21-16-27(42-5)31(43-6)32(44-7)29(21)22/h12,14,16-18,24,30H,8-11,13,15H2,1-7H3,(H,34,41)(H,36,39)(H,37,40)/t18-,24+,30+/m1/s1. The van der Waals surface area contributed by atoms with Crippen molar-refractivity contribution >= 4 is 17.5 Å². The normalized spacial score (nSPS) is 15.0. The smallest absolute Gasteiger partial charge is 0.242 e. The maximum absolute atomic E-state index is 13.8. The van der Waals surface area contributed by atoms with Crippen molar-refractivity contribution in [3.63, 3.8) is 0 Å². The van der Waals surface area contributed by atoms with Crippen molar-refractivity contribution in [1.82, 2.24) is 20.8 Å². The first-order valence-electron chi connectivity index (χ1n) is 15.2. The molecule has 0 fully saturated rings. The van der Waals surface area contributed by atoms with Crippen molar-refractivity contribution in [3.8, 4) is 28.4 Å². The first-order chi connectivity index (χ1) is 21.6. The van der Waals surface area contributed by atoms with Gasteiger partial charge >= 0.3 is 0 Å². The molecule has 0 aliphatic heterocycles. The molecule has 0 radical (unpaired) electrons. The fourth-order valence-corrected chi connectivity index (χ4v) is 5.70. The molecule has 12 heteroatoms. The van der Waals surface area contributed by atoms with Gasteiger partial charge in [0.2, 0.25) is 28.9 Å². The fourth-order valence-electron chi connectivity index (χ4n) is 5.70. The van der Waals surface area contributed by atoms with Crippen LogP contribution in [0.1, 0.15) is 68.9 Å². The summed E-state index contributed by atoms with van der Waals surface area (Å²) in [6.45, 7) is 7.59. The minimum Gasteiger partial charge on any atom is -0.493 e. The lowest BCUT2D eigenvalue weighted by Gasteiger charge is -2.24. The van der Waals surface area contributed by atoms with Gasteiger partial charge < -0.3 is 34.7 Å². The molecule has 1 aliphatic rings. The Morgan fingerprint density at radius 3 is 2.49 bits per heavy atom. The summed E-state index contributed by atoms with van der Waals surface area (Å²) in [6, 6.07) is 5.89. The number of anilines is 1. The highest BCUT2D eigenvalue weighted by Crippen LogP contribution is 2.50. The molecule has 0 saturated heterocycles. The van der Waals surface area contributed by atoms with E-state index in [1.54, 1.807) is 40.4 Å². The highest BCUT2D eigenvalue weighted by Gasteiger charge is 2.30. The van der Waals surface area contributed by atoms with E-state index in [1.807, 2.05) is 26.0 Å². The molecule has 4 rings (SSSR count). The van der Waals surface area contributed by atoms with Crippen LogP contribution < -0.4 is 35.6 Å². The van der Waals surface area contributed by atoms with Gasteiger partial charge in [0, 0.05) is 25.5 Å². The van der Waals surface area contributed by atoms with E-state index in [-0.39, 0.29) is 28.8 Å². The molecule has 242 valence electrons. The van der Waals surface area contributed by atoms with E-state index < -0.39 is 12.1 Å². The fraction of sp³-hybridized carbons (Fsp3) is 0.485. The molecule has 1 heterocycles. The number of rotatable bonds is 13. The first kappa shape index (κ1) is 33.3. The zero-order valence-electron chi connectivity index (χ0n) is 27.0. The third-order valence-corrected chi connectivity index (χ3v) is 8.16. The van der Waals surface area contributed by atoms with Crippen LogP contribution in [0, 0.1) is 12.8 Å². The van der Waals surface area contributed by atoms with Gasteiger partial charge in [0.25, 0.3) is 0 Å². The van der Waals surface area contributed by atoms with Gasteiger partial charge in [-0.25, -0.2) is 0 Å². The van der Waals surface area contributed by atoms with E-state index in [0.717, 1.165) is 11.1 Å². The van der Waals surface area contributed by atoms with Crippen molar-refractivity contribution < 1.29 is 28.3 Å². The number of methoxy groups -OCH3 is 3. The second-order valence-corrected chi connectivity index (χ2v) is 11.2. The Balaban J connectivity index is 1.72. The Morgan fingerprint density at radius 1 is 1.11 bits per heavy atom. The highest BCUT2D eigenvalue weighted by atomic mass is 16.5. The lowest BCUT2D eigenvalue weighted by Crippen LogP contribution is -2.44. The van der Waals surface area contributed by atoms with Gasteiger partial charge in [-0.2, -0.15) is 4.98 Å². The van der Waals surface area contributed by atoms with Crippen molar-refractivity contribution in [3.05, 3.63) is 57.3 Å². The number of hydrogen-bond donors (Lipinski definition) is 3. The lowest BCUT2D eigenvalue weighted by atomic mass is 9.95. The Kier molecular flexibility index (Phi) is 11.0. The molecule has 0 bridgehead atoms. The minimum atomic E-state index is -0.659. The summed E-state index contributed by atoms with van der Waals surface area (Å²) < 4.78 is 22.3. The molecule has 0 unspecified atom stereocenters. The predicted molar refractivity (Wildman–Crippen MR) is 170 cm³/mol. The molecule has 45 heavy (non-hydrogen) atoms. The van der Waals surface area contributed by atoms with Gasteiger partial charge in [0.15, 0.2) is 17.3 Å². The van der Waals surface area contributed by atoms with E-state index >= 15 is 0 Å². The maximum Gasteiger partial charge on any atom is 0.242 e. The molecule has 2 amide bonds. The molecule has 3 aromatic rings. The molecule has 2 aromatic carbocycles. The van der Waals surface area contributed by atoms with Gasteiger partial charge in [-0.05, 0) is 67.0 Å². The number of aromatic nitrogens is 2. The number of hydrogen-bond acceptors (Lipinski definition) is 10. The molecule has 12 nitrogen and oxygen atoms in total. The summed E-state index contributed by atoms with van der Waals surface area (Å²) in [6.07, 6.45) is 3.03. The summed E-state index contributed by atoms with van der Waals surface area (Å²) in [5.74, 6) is 2.02. The Morgan fingerprint density at radius 2 is 1.87 bits per heavy atom. The molecule has 3 atom stereocenters. The highest BCUT2D eigenvalue weighted by molar-refractivity contribution is 5.86. The number of nitrogens with one attached hydrogen (secondary N) is 3. The van der Waals surface area contributed by atoms with Crippen LogP contribution in [0.3, 0.4) is 0 Å². The van der Waals surface area contributed by atoms with Crippen molar-refractivity contribution in [2.75, 3.05) is 33.2 Å². The van der Waals surface area contributed by atoms with E-state index in [4.69, 9.17) is 18.7 Å². The average molecular weight is 622 g/mol. The largest absolute Gasteiger partial charge is 0.493 e. The predicted octanol–water partition coefficient (Wildman–Crippen LogP) is 4.13. The maximum atomic E-state index is 13.8. The number of carbonyl (C=O) groups is 2. The second-order valence-electron chi connectivity index (χ2n) is 11.2. The number of aryl methyl sites for hydroxylation is 3. The van der Waals surface area contributed by atoms with Crippen LogP contribution in [0.15, 0.2) is 33.6 Å². The van der Waals surface area contributed by atoms with E-state index in [1.165, 1.54) is 6.92 Å². The SMILES string of the molecule is CC[C@@H](C)[C@H](Nc1ccc2c(cc1=O)[C@@H](NC(C)=O)CCc1cc(OC)c(OC)c(OC)c1-2)C(=O)NCCCc1nc(C)no1. The van der Waals surface area contributed by atoms with E-state index in [0.29, 0.717) is 78.7 Å². The number of carbonyl (C=O) groups excluding carboxylic acids is 2. The van der Waals surface area contributed by atoms with Gasteiger partial charge in [-0.3, -0.25) is 14.4 Å². The molecule has 1 aromatic heterocycles. The summed E-state index contributed by atoms with van der Waals surface area (Å²) in [4.78, 5) is 43.6. The Labute approximate surface area is 263 Å². The Bertz CT molecular complexity index is 1590. The molecular formula is C33H43N5O7. The molecule has 0 spiro atoms. The zero-order valence-corrected chi connectivity index (χ0v) is 27.0. The van der Waals surface area contributed by atoms with Crippen LogP contribution in [-0.4, -0.2) is 55.9 Å². The second kappa shape index (κ2) is 14.9. The summed E-state index contributed by atoms with van der Waals surface area (Å²) in [7, 11) is 4.66. The number of amides is 2. The van der Waals surface area contributed by atoms with Crippen molar-refractivity contribution in [2.24, 2.45) is 5.92 Å². The van der Waals surface area contributed by atoms with E-state index in [2.05, 4.69) is 26.1 Å². The third kappa shape index (κ3) is 7.55. The number of fused-ring (bicyclic) bond motifs is 3. The van der Waals surface area contributed by atoms with Crippen LogP contribution in [-0.2, 0) is 22.4 Å². The molecule has 1 aliphatic carbocycles. The summed E-state index contributed by atoms with van der Waals surface area (Å²) in [5, 5.41) is 13.0. The van der Waals surface area contributed by atoms with Crippen LogP contribution in [0.5, 0.6) is 17.2 Å². The summed E-state index contributed by atoms with van der Waals surface area (Å²) >= 11 is 0. The topological polar surface area (TPSA) is 154 Å². The summed E-state index contributed by atoms with van der Waals surface area (Å²) in [5.41, 5.74) is 3.01. The van der Waals surface area contributed by atoms with E-state index in [9.17, 15) is 14.4 Å². The molecule has 0 saturated carbocycles. The van der Waals surface area contributed by atoms with Crippen LogP contribution >= 0.6 is 0 Å². The minimum absolute atomic E-state index is 0.0731. The third-order valence-electron chi connectivity index (χ3n) is 8.16. The Hall–Kier alpha value is -4.61. The zero-order chi connectivity index (χ0) is 32.7. The molecule has 3 N–H and O–H groups in total. The number of ether oxygens (including phenoxy) is 3. The molecular weight excluding hydrogens is 578 g/mol. The first-order valence-corrected chi connectivity index (χ1v) is 15.2. The lowest BCUT2D eigenvalue weighted by molar-refractivity contribution is -0.123. The average Bonchev–Trinajstić information content (AvgIpc) is 3.30. The quantitative estimate of drug-likeness (QED) is 0.237. The van der Waals surface area contributed by atoms with Crippen LogP contribution in [0.25, 0.3) is 11.1 Å². The monoisotopic (exact) mass is 621 g/mol. The van der Waals surface area contributed by atoms with Gasteiger partial charge in [0.05, 0.1) is 33.1 Å². The number of benzene rings is 1. The van der Waals surface area contributed by atoms with Gasteiger partial charge in [0.1, 0.15) is 6.04 Å². The van der Waals surface area contributed by atoms with Crippen molar-refractivity contribution in [1.29, 1.82) is 0 Å².